The van der Waals surface area contributed by atoms with Crippen molar-refractivity contribution in [3.8, 4) is 17.1 Å². The molecule has 4 nitrogen and oxygen atoms in total. The molecule has 1 unspecified atom stereocenters. The Bertz CT molecular complexity index is 826. The lowest BCUT2D eigenvalue weighted by Gasteiger charge is -2.25. The highest BCUT2D eigenvalue weighted by atomic mass is 35.5. The number of rotatable bonds is 2. The van der Waals surface area contributed by atoms with Crippen molar-refractivity contribution in [2.75, 3.05) is 0 Å². The third kappa shape index (κ3) is 2.00. The molecular weight excluding hydrogens is 302 g/mol. The van der Waals surface area contributed by atoms with E-state index >= 15 is 0 Å². The first kappa shape index (κ1) is 13.4. The van der Waals surface area contributed by atoms with Crippen molar-refractivity contribution < 1.29 is 14.4 Å². The number of hydrogen-bond donors (Lipinski definition) is 1. The molecule has 0 spiro atoms. The number of aromatic nitrogens is 1. The minimum absolute atomic E-state index is 0.192. The summed E-state index contributed by atoms with van der Waals surface area (Å²) in [6.07, 6.45) is -0.291. The van der Waals surface area contributed by atoms with E-state index in [4.69, 9.17) is 20.9 Å². The fourth-order valence-corrected chi connectivity index (χ4v) is 2.89. The first-order chi connectivity index (χ1) is 10.8. The Labute approximate surface area is 131 Å². The Morgan fingerprint density at radius 3 is 2.64 bits per heavy atom. The van der Waals surface area contributed by atoms with E-state index in [0.29, 0.717) is 16.7 Å². The first-order valence-corrected chi connectivity index (χ1v) is 7.26. The third-order valence-corrected chi connectivity index (χ3v) is 4.04. The summed E-state index contributed by atoms with van der Waals surface area (Å²) < 4.78 is 11.2. The van der Waals surface area contributed by atoms with E-state index in [1.54, 1.807) is 0 Å². The van der Waals surface area contributed by atoms with E-state index in [2.05, 4.69) is 5.16 Å². The van der Waals surface area contributed by atoms with Crippen LogP contribution in [0.25, 0.3) is 11.1 Å². The van der Waals surface area contributed by atoms with Crippen LogP contribution in [0.5, 0.6) is 5.95 Å². The number of nitrogens with zero attached hydrogens (tertiary/aromatic N) is 1. The molecule has 1 aliphatic rings. The van der Waals surface area contributed by atoms with Crippen molar-refractivity contribution in [1.29, 1.82) is 0 Å². The second-order valence-electron chi connectivity index (χ2n) is 5.09. The molecule has 0 amide bonds. The van der Waals surface area contributed by atoms with Crippen LogP contribution in [-0.2, 0) is 6.61 Å². The lowest BCUT2D eigenvalue weighted by Crippen LogP contribution is -2.14. The second-order valence-corrected chi connectivity index (χ2v) is 5.52. The first-order valence-electron chi connectivity index (χ1n) is 6.88. The van der Waals surface area contributed by atoms with Crippen LogP contribution >= 0.6 is 11.6 Å². The highest BCUT2D eigenvalue weighted by Gasteiger charge is 2.32. The second kappa shape index (κ2) is 5.16. The fourth-order valence-electron chi connectivity index (χ4n) is 2.77. The lowest BCUT2D eigenvalue weighted by atomic mass is 9.90. The highest BCUT2D eigenvalue weighted by molar-refractivity contribution is 6.30. The van der Waals surface area contributed by atoms with Gasteiger partial charge in [-0.1, -0.05) is 53.2 Å². The molecule has 0 radical (unpaired) electrons. The van der Waals surface area contributed by atoms with Gasteiger partial charge in [-0.25, -0.2) is 0 Å². The number of aliphatic hydroxyl groups excluding tert-OH is 1. The van der Waals surface area contributed by atoms with Gasteiger partial charge in [-0.05, 0) is 23.3 Å². The van der Waals surface area contributed by atoms with Crippen LogP contribution in [0.4, 0.5) is 0 Å². The van der Waals surface area contributed by atoms with Crippen molar-refractivity contribution >= 4 is 11.6 Å². The van der Waals surface area contributed by atoms with Crippen LogP contribution in [-0.4, -0.2) is 10.3 Å². The summed E-state index contributed by atoms with van der Waals surface area (Å²) in [5.74, 6) is 0.336. The van der Waals surface area contributed by atoms with Gasteiger partial charge in [-0.2, -0.15) is 0 Å². The van der Waals surface area contributed by atoms with Crippen LogP contribution < -0.4 is 4.74 Å². The molecule has 1 aliphatic heterocycles. The summed E-state index contributed by atoms with van der Waals surface area (Å²) in [7, 11) is 0. The zero-order valence-corrected chi connectivity index (χ0v) is 12.2. The number of halogens is 1. The summed E-state index contributed by atoms with van der Waals surface area (Å²) in [5, 5.41) is 14.0. The number of fused-ring (bicyclic) bond motifs is 3. The molecule has 1 N–H and O–H groups in total. The monoisotopic (exact) mass is 313 g/mol. The molecule has 0 bridgehead atoms. The van der Waals surface area contributed by atoms with Gasteiger partial charge in [0.25, 0.3) is 0 Å². The Morgan fingerprint density at radius 2 is 1.86 bits per heavy atom. The normalized spacial score (nSPS) is 15.8. The zero-order valence-electron chi connectivity index (χ0n) is 11.5. The van der Waals surface area contributed by atoms with Gasteiger partial charge in [-0.3, -0.25) is 0 Å². The average molecular weight is 314 g/mol. The van der Waals surface area contributed by atoms with E-state index in [1.807, 2.05) is 48.5 Å². The summed E-state index contributed by atoms with van der Waals surface area (Å²) in [6, 6.07) is 15.4. The van der Waals surface area contributed by atoms with Gasteiger partial charge < -0.3 is 14.4 Å². The molecule has 0 saturated carbocycles. The molecule has 22 heavy (non-hydrogen) atoms. The highest BCUT2D eigenvalue weighted by Crippen LogP contribution is 2.46. The van der Waals surface area contributed by atoms with Gasteiger partial charge in [0.2, 0.25) is 0 Å². The van der Waals surface area contributed by atoms with Gasteiger partial charge in [0, 0.05) is 10.6 Å². The Morgan fingerprint density at radius 1 is 1.09 bits per heavy atom. The third-order valence-electron chi connectivity index (χ3n) is 3.79. The number of hydrogen-bond acceptors (Lipinski definition) is 4. The number of ether oxygens (including phenoxy) is 1. The maximum absolute atomic E-state index is 9.43. The van der Waals surface area contributed by atoms with E-state index in [0.717, 1.165) is 22.3 Å². The minimum atomic E-state index is -0.291. The van der Waals surface area contributed by atoms with E-state index in [-0.39, 0.29) is 12.7 Å². The summed E-state index contributed by atoms with van der Waals surface area (Å²) in [5.41, 5.74) is 4.16. The molecule has 3 aromatic rings. The van der Waals surface area contributed by atoms with Crippen LogP contribution in [0, 0.1) is 0 Å². The molecule has 1 atom stereocenters. The van der Waals surface area contributed by atoms with E-state index < -0.39 is 0 Å². The lowest BCUT2D eigenvalue weighted by molar-refractivity contribution is 0.165. The summed E-state index contributed by atoms with van der Waals surface area (Å²) >= 11 is 5.96. The Balaban J connectivity index is 1.89. The van der Waals surface area contributed by atoms with Crippen molar-refractivity contribution in [2.45, 2.75) is 12.7 Å². The van der Waals surface area contributed by atoms with E-state index in [1.165, 1.54) is 0 Å². The maximum Gasteiger partial charge on any atom is 0.320 e. The molecule has 0 saturated heterocycles. The van der Waals surface area contributed by atoms with Crippen molar-refractivity contribution in [2.24, 2.45) is 0 Å². The molecule has 0 fully saturated rings. The average Bonchev–Trinajstić information content (AvgIpc) is 2.98. The predicted octanol–water partition coefficient (Wildman–Crippen LogP) is 3.97. The van der Waals surface area contributed by atoms with Gasteiger partial charge >= 0.3 is 5.95 Å². The zero-order chi connectivity index (χ0) is 15.1. The van der Waals surface area contributed by atoms with Crippen molar-refractivity contribution in [3.63, 3.8) is 0 Å². The van der Waals surface area contributed by atoms with E-state index in [9.17, 15) is 5.11 Å². The molecule has 1 aromatic heterocycles. The van der Waals surface area contributed by atoms with Crippen molar-refractivity contribution in [1.82, 2.24) is 5.16 Å². The van der Waals surface area contributed by atoms with Gasteiger partial charge in [0.15, 0.2) is 6.10 Å². The fraction of sp³-hybridized carbons (Fsp3) is 0.118. The van der Waals surface area contributed by atoms with Gasteiger partial charge in [0.1, 0.15) is 5.69 Å². The van der Waals surface area contributed by atoms with Crippen LogP contribution in [0.3, 0.4) is 0 Å². The number of aliphatic hydroxyl groups is 1. The minimum Gasteiger partial charge on any atom is -0.450 e. The van der Waals surface area contributed by atoms with Gasteiger partial charge in [-0.15, -0.1) is 0 Å². The molecule has 110 valence electrons. The summed E-state index contributed by atoms with van der Waals surface area (Å²) in [6.45, 7) is -0.192. The largest absolute Gasteiger partial charge is 0.450 e. The topological polar surface area (TPSA) is 55.5 Å². The van der Waals surface area contributed by atoms with Crippen LogP contribution in [0.15, 0.2) is 53.1 Å². The molecule has 0 aliphatic carbocycles. The Hall–Kier alpha value is -2.30. The molecule has 2 heterocycles. The Kier molecular flexibility index (Phi) is 3.13. The quantitative estimate of drug-likeness (QED) is 0.778. The number of benzene rings is 2. The molecule has 2 aromatic carbocycles. The SMILES string of the molecule is OCc1noc2c1-c1ccccc1C(c1ccc(Cl)cc1)O2. The smallest absolute Gasteiger partial charge is 0.320 e. The van der Waals surface area contributed by atoms with Crippen LogP contribution in [0.2, 0.25) is 5.02 Å². The molecular formula is C17H12ClNO3. The maximum atomic E-state index is 9.43. The van der Waals surface area contributed by atoms with Crippen LogP contribution in [0.1, 0.15) is 22.9 Å². The van der Waals surface area contributed by atoms with Gasteiger partial charge in [0.05, 0.1) is 12.2 Å². The predicted molar refractivity (Wildman–Crippen MR) is 81.8 cm³/mol. The molecule has 4 rings (SSSR count). The standard InChI is InChI=1S/C17H12ClNO3/c18-11-7-5-10(6-8-11)16-13-4-2-1-3-12(13)15-14(9-20)19-22-17(15)21-16/h1-8,16,20H,9H2. The van der Waals surface area contributed by atoms with Crippen molar-refractivity contribution in [3.05, 3.63) is 70.4 Å². The summed E-state index contributed by atoms with van der Waals surface area (Å²) in [4.78, 5) is 0. The molecule has 5 heteroatoms.